The summed E-state index contributed by atoms with van der Waals surface area (Å²) in [5.74, 6) is -0.0743. The average molecular weight is 286 g/mol. The van der Waals surface area contributed by atoms with E-state index in [0.29, 0.717) is 12.8 Å². The molecule has 0 bridgehead atoms. The van der Waals surface area contributed by atoms with E-state index < -0.39 is 0 Å². The molecule has 0 aliphatic carbocycles. The third-order valence-electron chi connectivity index (χ3n) is 4.20. The molecule has 4 heteroatoms. The van der Waals surface area contributed by atoms with Gasteiger partial charge in [-0.2, -0.15) is 0 Å². The largest absolute Gasteiger partial charge is 0.348 e. The maximum absolute atomic E-state index is 12.9. The smallest absolute Gasteiger partial charge is 0.223 e. The quantitative estimate of drug-likeness (QED) is 0.851. The van der Waals surface area contributed by atoms with Crippen LogP contribution < -0.4 is 0 Å². The zero-order valence-corrected chi connectivity index (χ0v) is 12.1. The van der Waals surface area contributed by atoms with Crippen molar-refractivity contribution >= 4 is 5.91 Å². The molecular formula is C17H19FN2O. The molecule has 2 aromatic rings. The predicted octanol–water partition coefficient (Wildman–Crippen LogP) is 3.16. The van der Waals surface area contributed by atoms with Crippen LogP contribution in [0.4, 0.5) is 4.39 Å². The van der Waals surface area contributed by atoms with E-state index in [-0.39, 0.29) is 17.8 Å². The van der Waals surface area contributed by atoms with Crippen molar-refractivity contribution in [3.8, 4) is 0 Å². The number of rotatable bonds is 3. The minimum atomic E-state index is -0.240. The Labute approximate surface area is 124 Å². The Morgan fingerprint density at radius 2 is 2.00 bits per heavy atom. The van der Waals surface area contributed by atoms with Gasteiger partial charge in [0.1, 0.15) is 5.82 Å². The Balaban J connectivity index is 1.62. The van der Waals surface area contributed by atoms with Crippen LogP contribution in [0.2, 0.25) is 0 Å². The van der Waals surface area contributed by atoms with Gasteiger partial charge in [0, 0.05) is 31.4 Å². The fraction of sp³-hybridized carbons (Fsp3) is 0.353. The Morgan fingerprint density at radius 1 is 1.24 bits per heavy atom. The number of benzene rings is 1. The molecule has 0 fully saturated rings. The fourth-order valence-corrected chi connectivity index (χ4v) is 2.97. The summed E-state index contributed by atoms with van der Waals surface area (Å²) in [7, 11) is 0. The number of halogens is 1. The summed E-state index contributed by atoms with van der Waals surface area (Å²) in [4.78, 5) is 14.4. The van der Waals surface area contributed by atoms with Crippen molar-refractivity contribution in [2.75, 3.05) is 6.54 Å². The molecule has 0 saturated heterocycles. The van der Waals surface area contributed by atoms with Gasteiger partial charge in [0.25, 0.3) is 0 Å². The maximum atomic E-state index is 12.9. The Bertz CT molecular complexity index is 632. The molecule has 3 nitrogen and oxygen atoms in total. The lowest BCUT2D eigenvalue weighted by molar-refractivity contribution is -0.134. The van der Waals surface area contributed by atoms with Crippen LogP contribution in [0.25, 0.3) is 0 Å². The first-order valence-electron chi connectivity index (χ1n) is 7.34. The number of hydrogen-bond donors (Lipinski definition) is 0. The summed E-state index contributed by atoms with van der Waals surface area (Å²) in [6.07, 6.45) is 3.19. The minimum absolute atomic E-state index is 0.120. The average Bonchev–Trinajstić information content (AvgIpc) is 2.96. The minimum Gasteiger partial charge on any atom is -0.348 e. The topological polar surface area (TPSA) is 25.2 Å². The van der Waals surface area contributed by atoms with Gasteiger partial charge in [-0.15, -0.1) is 0 Å². The van der Waals surface area contributed by atoms with Crippen molar-refractivity contribution in [3.05, 3.63) is 59.7 Å². The van der Waals surface area contributed by atoms with Gasteiger partial charge >= 0.3 is 0 Å². The first kappa shape index (κ1) is 13.9. The number of hydrogen-bond acceptors (Lipinski definition) is 1. The molecule has 0 spiro atoms. The normalized spacial score (nSPS) is 17.6. The zero-order chi connectivity index (χ0) is 14.8. The number of fused-ring (bicyclic) bond motifs is 1. The number of nitrogens with zero attached hydrogens (tertiary/aromatic N) is 2. The third-order valence-corrected chi connectivity index (χ3v) is 4.20. The summed E-state index contributed by atoms with van der Waals surface area (Å²) in [6, 6.07) is 10.6. The molecule has 0 saturated carbocycles. The van der Waals surface area contributed by atoms with E-state index in [9.17, 15) is 9.18 Å². The van der Waals surface area contributed by atoms with Gasteiger partial charge in [0.15, 0.2) is 0 Å². The van der Waals surface area contributed by atoms with Gasteiger partial charge in [0.05, 0.1) is 6.04 Å². The summed E-state index contributed by atoms with van der Waals surface area (Å²) in [5, 5.41) is 0. The highest BCUT2D eigenvalue weighted by Gasteiger charge is 2.26. The second-order valence-electron chi connectivity index (χ2n) is 5.52. The monoisotopic (exact) mass is 286 g/mol. The second kappa shape index (κ2) is 5.72. The Hall–Kier alpha value is -2.10. The molecule has 2 heterocycles. The van der Waals surface area contributed by atoms with Crippen molar-refractivity contribution < 1.29 is 9.18 Å². The van der Waals surface area contributed by atoms with E-state index in [0.717, 1.165) is 18.7 Å². The molecule has 1 atom stereocenters. The lowest BCUT2D eigenvalue weighted by Gasteiger charge is -2.35. The molecule has 1 aromatic heterocycles. The van der Waals surface area contributed by atoms with Crippen LogP contribution in [-0.4, -0.2) is 21.9 Å². The molecule has 1 aliphatic rings. The van der Waals surface area contributed by atoms with Crippen molar-refractivity contribution in [2.24, 2.45) is 0 Å². The first-order chi connectivity index (χ1) is 10.1. The van der Waals surface area contributed by atoms with Gasteiger partial charge in [-0.1, -0.05) is 12.1 Å². The van der Waals surface area contributed by atoms with Crippen LogP contribution in [0, 0.1) is 5.82 Å². The van der Waals surface area contributed by atoms with Crippen molar-refractivity contribution in [3.63, 3.8) is 0 Å². The number of amides is 1. The molecule has 1 amide bonds. The van der Waals surface area contributed by atoms with Crippen LogP contribution in [0.3, 0.4) is 0 Å². The van der Waals surface area contributed by atoms with Crippen LogP contribution >= 0.6 is 0 Å². The van der Waals surface area contributed by atoms with Crippen LogP contribution in [0.15, 0.2) is 42.6 Å². The lowest BCUT2D eigenvalue weighted by Crippen LogP contribution is -2.40. The molecule has 110 valence electrons. The summed E-state index contributed by atoms with van der Waals surface area (Å²) >= 11 is 0. The molecule has 1 unspecified atom stereocenters. The SMILES string of the molecule is CC1c2cccn2CCN1C(=O)CCc1ccc(F)cc1. The summed E-state index contributed by atoms with van der Waals surface area (Å²) in [5.41, 5.74) is 2.19. The summed E-state index contributed by atoms with van der Waals surface area (Å²) in [6.45, 7) is 3.68. The van der Waals surface area contributed by atoms with Crippen LogP contribution in [0.5, 0.6) is 0 Å². The van der Waals surface area contributed by atoms with E-state index in [2.05, 4.69) is 23.8 Å². The second-order valence-corrected chi connectivity index (χ2v) is 5.52. The first-order valence-corrected chi connectivity index (χ1v) is 7.34. The highest BCUT2D eigenvalue weighted by atomic mass is 19.1. The number of aryl methyl sites for hydroxylation is 1. The molecule has 1 aromatic carbocycles. The molecule has 0 radical (unpaired) electrons. The zero-order valence-electron chi connectivity index (χ0n) is 12.1. The molecule has 21 heavy (non-hydrogen) atoms. The third kappa shape index (κ3) is 2.84. The maximum Gasteiger partial charge on any atom is 0.223 e. The predicted molar refractivity (Wildman–Crippen MR) is 79.3 cm³/mol. The van der Waals surface area contributed by atoms with Crippen LogP contribution in [0.1, 0.15) is 30.6 Å². The number of aromatic nitrogens is 1. The van der Waals surface area contributed by atoms with Crippen LogP contribution in [-0.2, 0) is 17.8 Å². The molecule has 0 N–H and O–H groups in total. The Morgan fingerprint density at radius 3 is 2.76 bits per heavy atom. The van der Waals surface area contributed by atoms with Crippen molar-refractivity contribution in [2.45, 2.75) is 32.4 Å². The number of carbonyl (C=O) groups excluding carboxylic acids is 1. The summed E-state index contributed by atoms with van der Waals surface area (Å²) < 4.78 is 15.1. The highest BCUT2D eigenvalue weighted by molar-refractivity contribution is 5.77. The van der Waals surface area contributed by atoms with E-state index in [1.165, 1.54) is 17.8 Å². The number of carbonyl (C=O) groups is 1. The fourth-order valence-electron chi connectivity index (χ4n) is 2.97. The van der Waals surface area contributed by atoms with Gasteiger partial charge in [-0.05, 0) is 43.2 Å². The standard InChI is InChI=1S/C17H19FN2O/c1-13-16-3-2-10-19(16)11-12-20(13)17(21)9-6-14-4-7-15(18)8-5-14/h2-5,7-8,10,13H,6,9,11-12H2,1H3. The highest BCUT2D eigenvalue weighted by Crippen LogP contribution is 2.26. The molecule has 1 aliphatic heterocycles. The van der Waals surface area contributed by atoms with Gasteiger partial charge in [-0.25, -0.2) is 4.39 Å². The van der Waals surface area contributed by atoms with Gasteiger partial charge in [0.2, 0.25) is 5.91 Å². The van der Waals surface area contributed by atoms with E-state index >= 15 is 0 Å². The van der Waals surface area contributed by atoms with Gasteiger partial charge < -0.3 is 9.47 Å². The lowest BCUT2D eigenvalue weighted by atomic mass is 10.1. The van der Waals surface area contributed by atoms with Crippen molar-refractivity contribution in [1.29, 1.82) is 0 Å². The van der Waals surface area contributed by atoms with E-state index in [1.54, 1.807) is 12.1 Å². The van der Waals surface area contributed by atoms with Crippen molar-refractivity contribution in [1.82, 2.24) is 9.47 Å². The Kier molecular flexibility index (Phi) is 3.78. The van der Waals surface area contributed by atoms with E-state index in [4.69, 9.17) is 0 Å². The molecular weight excluding hydrogens is 267 g/mol. The van der Waals surface area contributed by atoms with E-state index in [1.807, 2.05) is 11.0 Å². The molecule has 3 rings (SSSR count). The van der Waals surface area contributed by atoms with Gasteiger partial charge in [-0.3, -0.25) is 4.79 Å².